The molecule has 202 valence electrons. The molecule has 0 fully saturated rings. The molecule has 8 heteroatoms. The Morgan fingerprint density at radius 2 is 1.05 bits per heavy atom. The molecule has 0 amide bonds. The Hall–Kier alpha value is -6.15. The molecule has 0 atom stereocenters. The molecule has 0 aliphatic heterocycles. The Morgan fingerprint density at radius 1 is 0.488 bits per heavy atom. The molecular weight excluding hydrogens is 536 g/mol. The number of oxazole rings is 2. The lowest BCUT2D eigenvalue weighted by Gasteiger charge is -2.07. The van der Waals surface area contributed by atoms with E-state index in [4.69, 9.17) is 23.8 Å². The smallest absolute Gasteiger partial charge is 0.238 e. The lowest BCUT2D eigenvalue weighted by Crippen LogP contribution is -2.03. The minimum atomic E-state index is 0.526. The molecule has 0 radical (unpaired) electrons. The first-order valence-electron chi connectivity index (χ1n) is 13.8. The first-order valence-corrected chi connectivity index (χ1v) is 13.8. The lowest BCUT2D eigenvalue weighted by molar-refractivity contribution is 0.619. The van der Waals surface area contributed by atoms with Crippen molar-refractivity contribution < 1.29 is 8.83 Å². The average molecular weight is 557 g/mol. The van der Waals surface area contributed by atoms with Gasteiger partial charge in [-0.05, 0) is 60.7 Å². The highest BCUT2D eigenvalue weighted by atomic mass is 16.4. The van der Waals surface area contributed by atoms with Crippen LogP contribution in [0.1, 0.15) is 0 Å². The number of benzene rings is 5. The summed E-state index contributed by atoms with van der Waals surface area (Å²) >= 11 is 0. The molecular formula is C35H20N6O2. The predicted molar refractivity (Wildman–Crippen MR) is 166 cm³/mol. The summed E-state index contributed by atoms with van der Waals surface area (Å²) in [6, 6.07) is 37.8. The number of hydrogen-bond donors (Lipinski definition) is 0. The zero-order valence-corrected chi connectivity index (χ0v) is 22.5. The summed E-state index contributed by atoms with van der Waals surface area (Å²) in [6.45, 7) is 0. The standard InChI is InChI=1S/C35H20N6O2/c1-2-8-21(9-3-1)32-36-20-37-35(40-32)41-28-16-14-22(33-38-26-10-4-6-12-30(26)42-33)18-24(28)25-19-23(15-17-29(25)41)34-39-27-11-5-7-13-31(27)43-34/h1-20H. The van der Waals surface area contributed by atoms with E-state index >= 15 is 0 Å². The molecule has 5 aromatic carbocycles. The van der Waals surface area contributed by atoms with Crippen molar-refractivity contribution in [2.75, 3.05) is 0 Å². The number of para-hydroxylation sites is 4. The summed E-state index contributed by atoms with van der Waals surface area (Å²) in [7, 11) is 0. The summed E-state index contributed by atoms with van der Waals surface area (Å²) in [5.74, 6) is 2.25. The van der Waals surface area contributed by atoms with E-state index in [1.807, 2.05) is 91.0 Å². The van der Waals surface area contributed by atoms with E-state index in [2.05, 4.69) is 38.8 Å². The summed E-state index contributed by atoms with van der Waals surface area (Å²) in [6.07, 6.45) is 1.56. The van der Waals surface area contributed by atoms with E-state index in [1.165, 1.54) is 0 Å². The highest BCUT2D eigenvalue weighted by Crippen LogP contribution is 2.37. The van der Waals surface area contributed by atoms with Gasteiger partial charge in [-0.15, -0.1) is 0 Å². The monoisotopic (exact) mass is 556 g/mol. The van der Waals surface area contributed by atoms with Gasteiger partial charge in [0, 0.05) is 27.5 Å². The van der Waals surface area contributed by atoms with Crippen molar-refractivity contribution >= 4 is 44.0 Å². The largest absolute Gasteiger partial charge is 0.436 e. The molecule has 9 aromatic rings. The summed E-state index contributed by atoms with van der Waals surface area (Å²) < 4.78 is 14.3. The van der Waals surface area contributed by atoms with Crippen LogP contribution in [0.5, 0.6) is 0 Å². The second kappa shape index (κ2) is 9.19. The second-order valence-corrected chi connectivity index (χ2v) is 10.2. The fourth-order valence-electron chi connectivity index (χ4n) is 5.62. The molecule has 43 heavy (non-hydrogen) atoms. The third-order valence-corrected chi connectivity index (χ3v) is 7.64. The molecule has 8 nitrogen and oxygen atoms in total. The Balaban J connectivity index is 1.29. The third-order valence-electron chi connectivity index (χ3n) is 7.64. The van der Waals surface area contributed by atoms with Gasteiger partial charge in [0.25, 0.3) is 0 Å². The Labute approximate surface area is 243 Å². The molecule has 4 heterocycles. The van der Waals surface area contributed by atoms with Crippen molar-refractivity contribution in [3.63, 3.8) is 0 Å². The van der Waals surface area contributed by atoms with Gasteiger partial charge in [-0.1, -0.05) is 54.6 Å². The molecule has 0 unspecified atom stereocenters. The fourth-order valence-corrected chi connectivity index (χ4v) is 5.62. The molecule has 0 bridgehead atoms. The van der Waals surface area contributed by atoms with Crippen LogP contribution in [0.25, 0.3) is 84.2 Å². The van der Waals surface area contributed by atoms with Crippen molar-refractivity contribution in [2.45, 2.75) is 0 Å². The highest BCUT2D eigenvalue weighted by molar-refractivity contribution is 6.11. The number of fused-ring (bicyclic) bond motifs is 5. The van der Waals surface area contributed by atoms with Crippen LogP contribution in [-0.2, 0) is 0 Å². The van der Waals surface area contributed by atoms with Crippen molar-refractivity contribution in [1.82, 2.24) is 29.5 Å². The zero-order valence-electron chi connectivity index (χ0n) is 22.5. The number of rotatable bonds is 4. The van der Waals surface area contributed by atoms with Crippen molar-refractivity contribution in [2.24, 2.45) is 0 Å². The molecule has 9 rings (SSSR count). The Morgan fingerprint density at radius 3 is 1.63 bits per heavy atom. The average Bonchev–Trinajstić information content (AvgIpc) is 3.78. The van der Waals surface area contributed by atoms with Gasteiger partial charge in [-0.2, -0.15) is 4.98 Å². The van der Waals surface area contributed by atoms with E-state index < -0.39 is 0 Å². The quantitative estimate of drug-likeness (QED) is 0.215. The van der Waals surface area contributed by atoms with Gasteiger partial charge in [-0.3, -0.25) is 4.57 Å². The SMILES string of the molecule is c1ccc(-c2ncnc(-n3c4ccc(-c5nc6ccccc6o5)cc4c4cc(-c5nc6ccccc6o5)ccc43)n2)cc1. The van der Waals surface area contributed by atoms with Gasteiger partial charge in [0.1, 0.15) is 17.4 Å². The maximum Gasteiger partial charge on any atom is 0.238 e. The van der Waals surface area contributed by atoms with E-state index in [1.54, 1.807) is 6.33 Å². The van der Waals surface area contributed by atoms with E-state index in [0.29, 0.717) is 23.6 Å². The first-order chi connectivity index (χ1) is 21.3. The molecule has 0 N–H and O–H groups in total. The normalized spacial score (nSPS) is 11.7. The zero-order chi connectivity index (χ0) is 28.3. The van der Waals surface area contributed by atoms with Crippen LogP contribution in [0, 0.1) is 0 Å². The van der Waals surface area contributed by atoms with Crippen molar-refractivity contribution in [3.05, 3.63) is 122 Å². The molecule has 0 aliphatic rings. The number of nitrogens with zero attached hydrogens (tertiary/aromatic N) is 6. The van der Waals surface area contributed by atoms with Crippen LogP contribution in [0.2, 0.25) is 0 Å². The topological polar surface area (TPSA) is 95.7 Å². The van der Waals surface area contributed by atoms with Crippen LogP contribution in [-0.4, -0.2) is 29.5 Å². The van der Waals surface area contributed by atoms with Gasteiger partial charge < -0.3 is 8.83 Å². The predicted octanol–water partition coefficient (Wildman–Crippen LogP) is 8.25. The molecule has 4 aromatic heterocycles. The van der Waals surface area contributed by atoms with Gasteiger partial charge >= 0.3 is 0 Å². The molecule has 0 saturated carbocycles. The molecule has 0 spiro atoms. The highest BCUT2D eigenvalue weighted by Gasteiger charge is 2.19. The van der Waals surface area contributed by atoms with E-state index in [0.717, 1.165) is 60.7 Å². The minimum Gasteiger partial charge on any atom is -0.436 e. The second-order valence-electron chi connectivity index (χ2n) is 10.2. The maximum absolute atomic E-state index is 6.12. The summed E-state index contributed by atoms with van der Waals surface area (Å²) in [4.78, 5) is 23.4. The van der Waals surface area contributed by atoms with E-state index in [-0.39, 0.29) is 0 Å². The number of hydrogen-bond acceptors (Lipinski definition) is 7. The maximum atomic E-state index is 6.12. The van der Waals surface area contributed by atoms with Crippen LogP contribution >= 0.6 is 0 Å². The van der Waals surface area contributed by atoms with Crippen LogP contribution in [0.4, 0.5) is 0 Å². The summed E-state index contributed by atoms with van der Waals surface area (Å²) in [5, 5.41) is 1.99. The van der Waals surface area contributed by atoms with Crippen molar-refractivity contribution in [3.8, 4) is 40.2 Å². The Bertz CT molecular complexity index is 2280. The molecule has 0 aliphatic carbocycles. The van der Waals surface area contributed by atoms with E-state index in [9.17, 15) is 0 Å². The van der Waals surface area contributed by atoms with Crippen LogP contribution in [0.3, 0.4) is 0 Å². The fraction of sp³-hybridized carbons (Fsp3) is 0. The molecule has 0 saturated heterocycles. The lowest BCUT2D eigenvalue weighted by atomic mass is 10.1. The van der Waals surface area contributed by atoms with Gasteiger partial charge in [0.15, 0.2) is 17.0 Å². The van der Waals surface area contributed by atoms with Gasteiger partial charge in [0.2, 0.25) is 17.7 Å². The first kappa shape index (κ1) is 23.5. The third kappa shape index (κ3) is 3.81. The van der Waals surface area contributed by atoms with Crippen LogP contribution < -0.4 is 0 Å². The number of aromatic nitrogens is 6. The Kier molecular flexibility index (Phi) is 5.03. The van der Waals surface area contributed by atoms with Crippen LogP contribution in [0.15, 0.2) is 130 Å². The van der Waals surface area contributed by atoms with Gasteiger partial charge in [0.05, 0.1) is 11.0 Å². The summed E-state index contributed by atoms with van der Waals surface area (Å²) in [5.41, 5.74) is 7.67. The minimum absolute atomic E-state index is 0.526. The van der Waals surface area contributed by atoms with Gasteiger partial charge in [-0.25, -0.2) is 19.9 Å². The van der Waals surface area contributed by atoms with Crippen molar-refractivity contribution in [1.29, 1.82) is 0 Å².